The fourth-order valence-electron chi connectivity index (χ4n) is 1.58. The lowest BCUT2D eigenvalue weighted by molar-refractivity contribution is -0.117. The number of hydrogen-bond donors (Lipinski definition) is 1. The van der Waals surface area contributed by atoms with E-state index in [1.54, 1.807) is 18.7 Å². The maximum Gasteiger partial charge on any atom is 0.246 e. The molecule has 0 saturated heterocycles. The summed E-state index contributed by atoms with van der Waals surface area (Å²) in [6, 6.07) is 19.3. The fourth-order valence-corrected chi connectivity index (χ4v) is 2.71. The van der Waals surface area contributed by atoms with Crippen molar-refractivity contribution in [2.24, 2.45) is 0 Å². The van der Waals surface area contributed by atoms with Gasteiger partial charge in [-0.1, -0.05) is 36.4 Å². The van der Waals surface area contributed by atoms with Crippen LogP contribution in [0.25, 0.3) is 0 Å². The molecule has 104 valence electrons. The van der Waals surface area contributed by atoms with Crippen molar-refractivity contribution in [1.82, 2.24) is 0 Å². The third kappa shape index (κ3) is 4.29. The van der Waals surface area contributed by atoms with Crippen LogP contribution >= 0.6 is 23.4 Å². The van der Waals surface area contributed by atoms with Crippen LogP contribution in [0, 0.1) is 0 Å². The molecule has 2 rings (SSSR count). The first-order valence-corrected chi connectivity index (χ1v) is 7.67. The number of hydrogen-bond acceptors (Lipinski definition) is 2. The highest BCUT2D eigenvalue weighted by Crippen LogP contribution is 2.27. The Morgan fingerprint density at radius 2 is 1.65 bits per heavy atom. The molecule has 0 bridgehead atoms. The maximum absolute atomic E-state index is 12.2. The summed E-state index contributed by atoms with van der Waals surface area (Å²) in [5.74, 6) is 0.325. The Kier molecular flexibility index (Phi) is 5.10. The molecule has 0 radical (unpaired) electrons. The normalized spacial score (nSPS) is 13.5. The van der Waals surface area contributed by atoms with Crippen LogP contribution in [0.2, 0.25) is 0 Å². The van der Waals surface area contributed by atoms with Crippen molar-refractivity contribution in [2.75, 3.05) is 11.1 Å². The number of anilines is 1. The van der Waals surface area contributed by atoms with E-state index in [9.17, 15) is 4.79 Å². The molecule has 2 aromatic carbocycles. The summed E-state index contributed by atoms with van der Waals surface area (Å²) in [5.41, 5.74) is 0.758. The number of alkyl halides is 1. The van der Waals surface area contributed by atoms with Gasteiger partial charge in [-0.15, -0.1) is 23.4 Å². The number of amides is 1. The van der Waals surface area contributed by atoms with Gasteiger partial charge >= 0.3 is 0 Å². The highest BCUT2D eigenvalue weighted by Gasteiger charge is 2.30. The van der Waals surface area contributed by atoms with E-state index in [4.69, 9.17) is 11.6 Å². The summed E-state index contributed by atoms with van der Waals surface area (Å²) in [4.78, 5) is 12.4. The number of nitrogens with one attached hydrogen (secondary N) is 1. The largest absolute Gasteiger partial charge is 0.325 e. The predicted molar refractivity (Wildman–Crippen MR) is 86.5 cm³/mol. The van der Waals surface area contributed by atoms with Crippen molar-refractivity contribution in [3.05, 3.63) is 60.7 Å². The summed E-state index contributed by atoms with van der Waals surface area (Å²) in [7, 11) is 0. The Hall–Kier alpha value is -1.45. The molecule has 0 saturated carbocycles. The summed E-state index contributed by atoms with van der Waals surface area (Å²) in [6.45, 7) is 1.74. The van der Waals surface area contributed by atoms with E-state index in [1.165, 1.54) is 0 Å². The van der Waals surface area contributed by atoms with E-state index in [0.717, 1.165) is 10.6 Å². The molecule has 2 aromatic rings. The van der Waals surface area contributed by atoms with Gasteiger partial charge in [-0.05, 0) is 31.2 Å². The van der Waals surface area contributed by atoms with Crippen molar-refractivity contribution >= 4 is 35.0 Å². The second-order valence-electron chi connectivity index (χ2n) is 4.62. The van der Waals surface area contributed by atoms with Crippen LogP contribution in [-0.4, -0.2) is 16.5 Å². The summed E-state index contributed by atoms with van der Waals surface area (Å²) in [6.07, 6.45) is 0. The van der Waals surface area contributed by atoms with Crippen LogP contribution in [0.3, 0.4) is 0 Å². The smallest absolute Gasteiger partial charge is 0.246 e. The van der Waals surface area contributed by atoms with Crippen molar-refractivity contribution in [3.63, 3.8) is 0 Å². The van der Waals surface area contributed by atoms with Crippen molar-refractivity contribution in [3.8, 4) is 0 Å². The van der Waals surface area contributed by atoms with Crippen molar-refractivity contribution in [2.45, 2.75) is 16.7 Å². The number of benzene rings is 2. The third-order valence-corrected chi connectivity index (χ3v) is 4.55. The first kappa shape index (κ1) is 14.9. The molecular formula is C16H16ClNOS. The van der Waals surface area contributed by atoms with E-state index in [1.807, 2.05) is 60.7 Å². The lowest BCUT2D eigenvalue weighted by atomic mass is 10.2. The van der Waals surface area contributed by atoms with E-state index in [2.05, 4.69) is 5.32 Å². The Balaban J connectivity index is 1.94. The molecule has 4 heteroatoms. The second-order valence-corrected chi connectivity index (χ2v) is 6.50. The minimum atomic E-state index is -0.948. The maximum atomic E-state index is 12.2. The molecule has 2 nitrogen and oxygen atoms in total. The van der Waals surface area contributed by atoms with Gasteiger partial charge in [0.1, 0.15) is 4.87 Å². The van der Waals surface area contributed by atoms with Crippen LogP contribution in [0.15, 0.2) is 65.6 Å². The molecule has 20 heavy (non-hydrogen) atoms. The molecule has 1 N–H and O–H groups in total. The van der Waals surface area contributed by atoms with Crippen molar-refractivity contribution < 1.29 is 4.79 Å². The van der Waals surface area contributed by atoms with Crippen LogP contribution in [0.4, 0.5) is 5.69 Å². The highest BCUT2D eigenvalue weighted by atomic mass is 35.5. The molecule has 0 fully saturated rings. The Morgan fingerprint density at radius 1 is 1.10 bits per heavy atom. The van der Waals surface area contributed by atoms with Gasteiger partial charge in [-0.25, -0.2) is 0 Å². The van der Waals surface area contributed by atoms with E-state index < -0.39 is 4.87 Å². The van der Waals surface area contributed by atoms with Gasteiger partial charge in [0, 0.05) is 16.3 Å². The van der Waals surface area contributed by atoms with Crippen molar-refractivity contribution in [1.29, 1.82) is 0 Å². The molecule has 0 aliphatic rings. The zero-order valence-electron chi connectivity index (χ0n) is 11.2. The van der Waals surface area contributed by atoms with Crippen LogP contribution in [0.1, 0.15) is 6.92 Å². The van der Waals surface area contributed by atoms with E-state index in [0.29, 0.717) is 5.75 Å². The van der Waals surface area contributed by atoms with Gasteiger partial charge < -0.3 is 5.32 Å². The minimum absolute atomic E-state index is 0.186. The lowest BCUT2D eigenvalue weighted by Gasteiger charge is -2.20. The Bertz CT molecular complexity index is 557. The van der Waals surface area contributed by atoms with Gasteiger partial charge in [0.2, 0.25) is 5.91 Å². The molecule has 0 spiro atoms. The molecule has 0 aliphatic carbocycles. The number of thioether (sulfide) groups is 1. The van der Waals surface area contributed by atoms with E-state index >= 15 is 0 Å². The summed E-state index contributed by atoms with van der Waals surface area (Å²) < 4.78 is 0. The minimum Gasteiger partial charge on any atom is -0.325 e. The average Bonchev–Trinajstić information content (AvgIpc) is 2.47. The van der Waals surface area contributed by atoms with Crippen LogP contribution in [-0.2, 0) is 4.79 Å². The standard InChI is InChI=1S/C16H16ClNOS/c1-16(17,12-20-14-10-6-3-7-11-14)15(19)18-13-8-4-2-5-9-13/h2-11H,12H2,1H3,(H,18,19)/t16-/m1/s1. The number of carbonyl (C=O) groups excluding carboxylic acids is 1. The van der Waals surface area contributed by atoms with Gasteiger partial charge in [0.25, 0.3) is 0 Å². The number of carbonyl (C=O) groups is 1. The molecule has 0 heterocycles. The van der Waals surface area contributed by atoms with Crippen LogP contribution in [0.5, 0.6) is 0 Å². The molecule has 0 unspecified atom stereocenters. The highest BCUT2D eigenvalue weighted by molar-refractivity contribution is 7.99. The second kappa shape index (κ2) is 6.82. The number of rotatable bonds is 5. The van der Waals surface area contributed by atoms with E-state index in [-0.39, 0.29) is 5.91 Å². The predicted octanol–water partition coefficient (Wildman–Crippen LogP) is 4.41. The van der Waals surface area contributed by atoms with Gasteiger partial charge in [-0.2, -0.15) is 0 Å². The first-order valence-electron chi connectivity index (χ1n) is 6.31. The molecular weight excluding hydrogens is 290 g/mol. The number of para-hydroxylation sites is 1. The van der Waals surface area contributed by atoms with Gasteiger partial charge in [0.15, 0.2) is 0 Å². The quantitative estimate of drug-likeness (QED) is 0.654. The van der Waals surface area contributed by atoms with Crippen LogP contribution < -0.4 is 5.32 Å². The molecule has 1 amide bonds. The van der Waals surface area contributed by atoms with Gasteiger partial charge in [-0.3, -0.25) is 4.79 Å². The average molecular weight is 306 g/mol. The summed E-state index contributed by atoms with van der Waals surface area (Å²) in [5, 5.41) is 2.83. The fraction of sp³-hybridized carbons (Fsp3) is 0.188. The topological polar surface area (TPSA) is 29.1 Å². The Morgan fingerprint density at radius 3 is 2.25 bits per heavy atom. The molecule has 1 atom stereocenters. The number of halogens is 1. The monoisotopic (exact) mass is 305 g/mol. The first-order chi connectivity index (χ1) is 9.58. The third-order valence-electron chi connectivity index (χ3n) is 2.76. The zero-order valence-corrected chi connectivity index (χ0v) is 12.7. The zero-order chi connectivity index (χ0) is 14.4. The summed E-state index contributed by atoms with van der Waals surface area (Å²) >= 11 is 7.93. The Labute approximate surface area is 128 Å². The molecule has 0 aromatic heterocycles. The SMILES string of the molecule is C[C@@](Cl)(CSc1ccccc1)C(=O)Nc1ccccc1. The molecule has 0 aliphatic heterocycles. The lowest BCUT2D eigenvalue weighted by Crippen LogP contribution is -2.37. The van der Waals surface area contributed by atoms with Gasteiger partial charge in [0.05, 0.1) is 0 Å².